The SMILES string of the molecule is CCC(C=CC#N)(c1ccc(OC)cc1)n1ccc2c(NS(C)(=O)=O)cccc21. The molecule has 0 fully saturated rings. The average molecular weight is 410 g/mol. The molecular formula is C22H23N3O3S. The second-order valence-corrected chi connectivity index (χ2v) is 8.52. The van der Waals surface area contributed by atoms with E-state index in [0.717, 1.165) is 28.5 Å². The van der Waals surface area contributed by atoms with E-state index >= 15 is 0 Å². The van der Waals surface area contributed by atoms with Gasteiger partial charge in [-0.15, -0.1) is 0 Å². The van der Waals surface area contributed by atoms with Crippen LogP contribution in [0.5, 0.6) is 5.75 Å². The van der Waals surface area contributed by atoms with Crippen LogP contribution >= 0.6 is 0 Å². The molecule has 1 atom stereocenters. The summed E-state index contributed by atoms with van der Waals surface area (Å²) in [4.78, 5) is 0. The number of hydrogen-bond donors (Lipinski definition) is 1. The van der Waals surface area contributed by atoms with E-state index in [1.807, 2.05) is 54.7 Å². The number of allylic oxidation sites excluding steroid dienone is 2. The quantitative estimate of drug-likeness (QED) is 0.591. The number of benzene rings is 2. The van der Waals surface area contributed by atoms with Crippen molar-refractivity contribution in [1.29, 1.82) is 5.26 Å². The Labute approximate surface area is 171 Å². The highest BCUT2D eigenvalue weighted by molar-refractivity contribution is 7.92. The van der Waals surface area contributed by atoms with Gasteiger partial charge >= 0.3 is 0 Å². The molecule has 0 amide bonds. The van der Waals surface area contributed by atoms with Gasteiger partial charge in [-0.2, -0.15) is 5.26 Å². The fourth-order valence-electron chi connectivity index (χ4n) is 3.67. The molecule has 1 aromatic heterocycles. The molecule has 0 saturated heterocycles. The fourth-order valence-corrected chi connectivity index (χ4v) is 4.24. The number of nitriles is 1. The third-order valence-electron chi connectivity index (χ3n) is 5.02. The first-order valence-corrected chi connectivity index (χ1v) is 11.0. The van der Waals surface area contributed by atoms with Crippen molar-refractivity contribution in [1.82, 2.24) is 4.57 Å². The van der Waals surface area contributed by atoms with Gasteiger partial charge in [-0.05, 0) is 48.4 Å². The van der Waals surface area contributed by atoms with E-state index in [0.29, 0.717) is 12.1 Å². The van der Waals surface area contributed by atoms with E-state index in [9.17, 15) is 13.7 Å². The third kappa shape index (κ3) is 3.98. The summed E-state index contributed by atoms with van der Waals surface area (Å²) in [5.41, 5.74) is 1.76. The number of rotatable bonds is 7. The van der Waals surface area contributed by atoms with Crippen molar-refractivity contribution < 1.29 is 13.2 Å². The van der Waals surface area contributed by atoms with Crippen LogP contribution in [-0.4, -0.2) is 26.4 Å². The molecule has 0 bridgehead atoms. The smallest absolute Gasteiger partial charge is 0.229 e. The summed E-state index contributed by atoms with van der Waals surface area (Å²) in [6.45, 7) is 2.05. The molecule has 0 aliphatic carbocycles. The van der Waals surface area contributed by atoms with Crippen LogP contribution in [0.4, 0.5) is 5.69 Å². The second kappa shape index (κ2) is 8.02. The van der Waals surface area contributed by atoms with Gasteiger partial charge in [0.15, 0.2) is 0 Å². The Morgan fingerprint density at radius 2 is 1.93 bits per heavy atom. The van der Waals surface area contributed by atoms with E-state index < -0.39 is 15.6 Å². The van der Waals surface area contributed by atoms with Crippen LogP contribution in [0.15, 0.2) is 66.9 Å². The molecule has 0 saturated carbocycles. The van der Waals surface area contributed by atoms with Crippen LogP contribution in [0, 0.1) is 11.3 Å². The number of nitrogens with zero attached hydrogens (tertiary/aromatic N) is 2. The average Bonchev–Trinajstić information content (AvgIpc) is 3.14. The van der Waals surface area contributed by atoms with Crippen LogP contribution < -0.4 is 9.46 Å². The second-order valence-electron chi connectivity index (χ2n) is 6.77. The van der Waals surface area contributed by atoms with Crippen molar-refractivity contribution in [2.45, 2.75) is 18.9 Å². The zero-order chi connectivity index (χ0) is 21.1. The summed E-state index contributed by atoms with van der Waals surface area (Å²) >= 11 is 0. The van der Waals surface area contributed by atoms with Gasteiger partial charge in [-0.25, -0.2) is 8.42 Å². The lowest BCUT2D eigenvalue weighted by molar-refractivity contribution is 0.412. The Bertz CT molecular complexity index is 1190. The van der Waals surface area contributed by atoms with Gasteiger partial charge in [0.05, 0.1) is 36.2 Å². The molecule has 2 aromatic carbocycles. The van der Waals surface area contributed by atoms with Gasteiger partial charge in [0.25, 0.3) is 0 Å². The molecule has 0 aliphatic rings. The van der Waals surface area contributed by atoms with E-state index in [4.69, 9.17) is 4.74 Å². The molecule has 1 unspecified atom stereocenters. The van der Waals surface area contributed by atoms with Crippen molar-refractivity contribution >= 4 is 26.6 Å². The lowest BCUT2D eigenvalue weighted by atomic mass is 9.86. The molecule has 1 heterocycles. The molecule has 3 aromatic rings. The van der Waals surface area contributed by atoms with Crippen LogP contribution in [0.2, 0.25) is 0 Å². The number of anilines is 1. The monoisotopic (exact) mass is 409 g/mol. The van der Waals surface area contributed by atoms with Crippen LogP contribution in [0.3, 0.4) is 0 Å². The molecule has 6 nitrogen and oxygen atoms in total. The van der Waals surface area contributed by atoms with Crippen LogP contribution in [-0.2, 0) is 15.6 Å². The molecule has 7 heteroatoms. The third-order valence-corrected chi connectivity index (χ3v) is 5.61. The summed E-state index contributed by atoms with van der Waals surface area (Å²) in [5.74, 6) is 0.750. The highest BCUT2D eigenvalue weighted by atomic mass is 32.2. The number of hydrogen-bond acceptors (Lipinski definition) is 4. The highest BCUT2D eigenvalue weighted by Gasteiger charge is 2.31. The minimum Gasteiger partial charge on any atom is -0.497 e. The highest BCUT2D eigenvalue weighted by Crippen LogP contribution is 2.37. The minimum atomic E-state index is -3.40. The van der Waals surface area contributed by atoms with Crippen molar-refractivity contribution in [3.8, 4) is 11.8 Å². The van der Waals surface area contributed by atoms with E-state index in [2.05, 4.69) is 22.3 Å². The molecule has 0 aliphatic heterocycles. The van der Waals surface area contributed by atoms with Gasteiger partial charge in [-0.3, -0.25) is 4.72 Å². The predicted octanol–water partition coefficient (Wildman–Crippen LogP) is 4.25. The maximum Gasteiger partial charge on any atom is 0.229 e. The number of sulfonamides is 1. The van der Waals surface area contributed by atoms with Gasteiger partial charge in [0, 0.05) is 17.7 Å². The molecule has 0 radical (unpaired) electrons. The van der Waals surface area contributed by atoms with Crippen LogP contribution in [0.25, 0.3) is 10.9 Å². The summed E-state index contributed by atoms with van der Waals surface area (Å²) in [6.07, 6.45) is 7.11. The first kappa shape index (κ1) is 20.5. The van der Waals surface area contributed by atoms with E-state index in [1.165, 1.54) is 6.08 Å². The standard InChI is InChI=1S/C22H23N3O3S/c1-4-22(14-6-15-23,17-9-11-18(28-2)12-10-17)25-16-13-19-20(24-29(3,26)27)7-5-8-21(19)25/h5-14,16,24H,4H2,1-3H3. The molecular weight excluding hydrogens is 386 g/mol. The lowest BCUT2D eigenvalue weighted by Crippen LogP contribution is -2.31. The van der Waals surface area contributed by atoms with Gasteiger partial charge in [-0.1, -0.05) is 25.1 Å². The Kier molecular flexibility index (Phi) is 5.66. The zero-order valence-electron chi connectivity index (χ0n) is 16.6. The number of aromatic nitrogens is 1. The minimum absolute atomic E-state index is 0.521. The van der Waals surface area contributed by atoms with Gasteiger partial charge in [0.2, 0.25) is 10.0 Å². The Morgan fingerprint density at radius 1 is 1.21 bits per heavy atom. The normalized spacial score (nSPS) is 13.9. The zero-order valence-corrected chi connectivity index (χ0v) is 17.4. The predicted molar refractivity (Wildman–Crippen MR) is 116 cm³/mol. The van der Waals surface area contributed by atoms with Gasteiger partial charge in [0.1, 0.15) is 5.75 Å². The Morgan fingerprint density at radius 3 is 2.52 bits per heavy atom. The molecule has 29 heavy (non-hydrogen) atoms. The van der Waals surface area contributed by atoms with Crippen molar-refractivity contribution in [3.63, 3.8) is 0 Å². The summed E-state index contributed by atoms with van der Waals surface area (Å²) in [6, 6.07) is 17.2. The van der Waals surface area contributed by atoms with E-state index in [-0.39, 0.29) is 0 Å². The largest absolute Gasteiger partial charge is 0.497 e. The summed E-state index contributed by atoms with van der Waals surface area (Å²) in [7, 11) is -1.79. The fraction of sp³-hybridized carbons (Fsp3) is 0.227. The first-order valence-electron chi connectivity index (χ1n) is 9.15. The molecule has 150 valence electrons. The summed E-state index contributed by atoms with van der Waals surface area (Å²) in [5, 5.41) is 9.98. The van der Waals surface area contributed by atoms with Crippen LogP contribution in [0.1, 0.15) is 18.9 Å². The van der Waals surface area contributed by atoms with Gasteiger partial charge < -0.3 is 9.30 Å². The molecule has 3 rings (SSSR count). The topological polar surface area (TPSA) is 84.1 Å². The Balaban J connectivity index is 2.26. The van der Waals surface area contributed by atoms with Crippen molar-refractivity contribution in [2.24, 2.45) is 0 Å². The number of nitrogens with one attached hydrogen (secondary N) is 1. The first-order chi connectivity index (χ1) is 13.8. The molecule has 1 N–H and O–H groups in total. The maximum absolute atomic E-state index is 11.8. The maximum atomic E-state index is 11.8. The summed E-state index contributed by atoms with van der Waals surface area (Å²) < 4.78 is 33.4. The van der Waals surface area contributed by atoms with E-state index in [1.54, 1.807) is 13.2 Å². The lowest BCUT2D eigenvalue weighted by Gasteiger charge is -2.33. The number of ether oxygens (including phenoxy) is 1. The van der Waals surface area contributed by atoms with Crippen molar-refractivity contribution in [2.75, 3.05) is 18.1 Å². The van der Waals surface area contributed by atoms with Crippen molar-refractivity contribution in [3.05, 3.63) is 72.4 Å². The molecule has 0 spiro atoms. The number of methoxy groups -OCH3 is 1. The number of fused-ring (bicyclic) bond motifs is 1. The Hall–Kier alpha value is -3.24.